The fourth-order valence-electron chi connectivity index (χ4n) is 4.89. The number of hydrogen-bond acceptors (Lipinski definition) is 7. The smallest absolute Gasteiger partial charge is 0.177 e. The number of pyridine rings is 3. The molecule has 0 aromatic carbocycles. The van der Waals surface area contributed by atoms with E-state index in [1.807, 2.05) is 24.3 Å². The predicted octanol–water partition coefficient (Wildman–Crippen LogP) is 6.54. The maximum Gasteiger partial charge on any atom is 0.177 e. The number of rotatable bonds is 5. The number of H-pyrrole nitrogens is 2. The Bertz CT molecular complexity index is 1730. The summed E-state index contributed by atoms with van der Waals surface area (Å²) >= 11 is 1.04. The number of imidazole rings is 1. The van der Waals surface area contributed by atoms with Crippen molar-refractivity contribution in [1.29, 1.82) is 0 Å². The number of nitrogens with one attached hydrogen (secondary N) is 2. The number of hydrogen-bond donors (Lipinski definition) is 2. The number of aromatic nitrogens is 7. The van der Waals surface area contributed by atoms with Gasteiger partial charge in [-0.1, -0.05) is 6.42 Å². The number of nitrogens with zero attached hydrogens (tertiary/aromatic N) is 5. The average Bonchev–Trinajstić information content (AvgIpc) is 3.66. The highest BCUT2D eigenvalue weighted by molar-refractivity contribution is 7.13. The van der Waals surface area contributed by atoms with Gasteiger partial charge >= 0.3 is 0 Å². The number of aromatic amines is 2. The topological polar surface area (TPSA) is 105 Å². The number of halogens is 1. The minimum atomic E-state index is -0.262. The van der Waals surface area contributed by atoms with Gasteiger partial charge in [0.15, 0.2) is 16.6 Å². The van der Waals surface area contributed by atoms with Crippen molar-refractivity contribution < 1.29 is 9.13 Å². The number of ether oxygens (including phenoxy) is 1. The van der Waals surface area contributed by atoms with Gasteiger partial charge in [-0.05, 0) is 62.1 Å². The summed E-state index contributed by atoms with van der Waals surface area (Å²) in [4.78, 5) is 22.6. The molecule has 6 aromatic heterocycles. The number of fused-ring (bicyclic) bond motifs is 2. The van der Waals surface area contributed by atoms with Crippen LogP contribution in [0, 0.1) is 5.13 Å². The molecule has 0 radical (unpaired) electrons. The molecule has 0 saturated heterocycles. The van der Waals surface area contributed by atoms with E-state index in [0.717, 1.165) is 57.1 Å². The van der Waals surface area contributed by atoms with Gasteiger partial charge in [0.05, 0.1) is 33.9 Å². The molecule has 10 heteroatoms. The maximum absolute atomic E-state index is 13.7. The van der Waals surface area contributed by atoms with Crippen LogP contribution in [-0.2, 0) is 0 Å². The first-order valence-electron chi connectivity index (χ1n) is 12.3. The lowest BCUT2D eigenvalue weighted by Gasteiger charge is -2.22. The van der Waals surface area contributed by atoms with Crippen molar-refractivity contribution in [3.05, 3.63) is 60.1 Å². The van der Waals surface area contributed by atoms with E-state index in [9.17, 15) is 4.39 Å². The predicted molar refractivity (Wildman–Crippen MR) is 141 cm³/mol. The minimum absolute atomic E-state index is 0.250. The van der Waals surface area contributed by atoms with Gasteiger partial charge in [-0.3, -0.25) is 15.1 Å². The normalized spacial score (nSPS) is 14.5. The zero-order valence-corrected chi connectivity index (χ0v) is 20.6. The Morgan fingerprint density at radius 2 is 1.81 bits per heavy atom. The van der Waals surface area contributed by atoms with Gasteiger partial charge in [-0.15, -0.1) is 11.3 Å². The van der Waals surface area contributed by atoms with Crippen molar-refractivity contribution in [3.8, 4) is 39.1 Å². The van der Waals surface area contributed by atoms with E-state index < -0.39 is 0 Å². The Hall–Kier alpha value is -4.18. The van der Waals surface area contributed by atoms with Crippen LogP contribution in [0.4, 0.5) is 4.39 Å². The molecule has 0 bridgehead atoms. The van der Waals surface area contributed by atoms with Gasteiger partial charge in [0.2, 0.25) is 0 Å². The molecule has 1 aliphatic rings. The lowest BCUT2D eigenvalue weighted by atomic mass is 9.98. The third kappa shape index (κ3) is 4.13. The molecule has 6 heterocycles. The van der Waals surface area contributed by atoms with Gasteiger partial charge in [0.1, 0.15) is 22.5 Å². The van der Waals surface area contributed by atoms with Gasteiger partial charge in [-0.2, -0.15) is 9.49 Å². The average molecular weight is 512 g/mol. The highest BCUT2D eigenvalue weighted by Crippen LogP contribution is 2.33. The largest absolute Gasteiger partial charge is 0.489 e. The second-order valence-corrected chi connectivity index (χ2v) is 10.2. The van der Waals surface area contributed by atoms with Crippen molar-refractivity contribution in [2.45, 2.75) is 38.2 Å². The van der Waals surface area contributed by atoms with Crippen LogP contribution >= 0.6 is 11.3 Å². The van der Waals surface area contributed by atoms with E-state index in [-0.39, 0.29) is 11.2 Å². The van der Waals surface area contributed by atoms with Crippen LogP contribution in [0.2, 0.25) is 0 Å². The molecule has 0 atom stereocenters. The first kappa shape index (κ1) is 22.1. The molecule has 0 spiro atoms. The standard InChI is InChI=1S/C27H22FN7OS/c28-22-9-8-21(37-22)25-23-19(10-11-30-25)32-27(33-23)26-24-20(34-35-26)7-6-18(31-24)15-12-17(14-29-13-15)36-16-4-2-1-3-5-16/h6-14,16H,1-5H2,(H,32,33)(H,34,35). The Morgan fingerprint density at radius 1 is 0.919 bits per heavy atom. The summed E-state index contributed by atoms with van der Waals surface area (Å²) in [5, 5.41) is 7.28. The quantitative estimate of drug-likeness (QED) is 0.272. The van der Waals surface area contributed by atoms with Crippen molar-refractivity contribution in [2.75, 3.05) is 0 Å². The summed E-state index contributed by atoms with van der Waals surface area (Å²) in [7, 11) is 0. The third-order valence-corrected chi connectivity index (χ3v) is 7.58. The Morgan fingerprint density at radius 3 is 2.68 bits per heavy atom. The SMILES string of the molecule is Fc1ccc(-c2nccc3[nH]c(-c4n[nH]c5ccc(-c6cncc(OC7CCCCC7)c6)nc45)nc23)s1. The molecule has 8 nitrogen and oxygen atoms in total. The van der Waals surface area contributed by atoms with E-state index in [0.29, 0.717) is 28.2 Å². The van der Waals surface area contributed by atoms with Crippen LogP contribution in [0.15, 0.2) is 55.0 Å². The first-order chi connectivity index (χ1) is 18.2. The fraction of sp³-hybridized carbons (Fsp3) is 0.222. The van der Waals surface area contributed by atoms with E-state index in [1.165, 1.54) is 25.3 Å². The summed E-state index contributed by atoms with van der Waals surface area (Å²) in [5.74, 6) is 1.32. The summed E-state index contributed by atoms with van der Waals surface area (Å²) in [5.41, 5.74) is 5.79. The molecule has 0 amide bonds. The zero-order valence-electron chi connectivity index (χ0n) is 19.7. The van der Waals surface area contributed by atoms with Crippen LogP contribution in [0.25, 0.3) is 55.4 Å². The molecule has 2 N–H and O–H groups in total. The van der Waals surface area contributed by atoms with Gasteiger partial charge in [-0.25, -0.2) is 9.97 Å². The van der Waals surface area contributed by atoms with E-state index >= 15 is 0 Å². The van der Waals surface area contributed by atoms with E-state index in [4.69, 9.17) is 14.7 Å². The summed E-state index contributed by atoms with van der Waals surface area (Å²) < 4.78 is 19.9. The monoisotopic (exact) mass is 511 g/mol. The second-order valence-electron chi connectivity index (χ2n) is 9.20. The third-order valence-electron chi connectivity index (χ3n) is 6.70. The Kier molecular flexibility index (Phi) is 5.39. The van der Waals surface area contributed by atoms with E-state index in [1.54, 1.807) is 24.7 Å². The van der Waals surface area contributed by atoms with Crippen LogP contribution in [0.5, 0.6) is 5.75 Å². The maximum atomic E-state index is 13.7. The molecular weight excluding hydrogens is 489 g/mol. The van der Waals surface area contributed by atoms with Crippen LogP contribution in [-0.4, -0.2) is 41.2 Å². The van der Waals surface area contributed by atoms with Gasteiger partial charge < -0.3 is 9.72 Å². The lowest BCUT2D eigenvalue weighted by Crippen LogP contribution is -2.19. The van der Waals surface area contributed by atoms with Crippen LogP contribution in [0.3, 0.4) is 0 Å². The van der Waals surface area contributed by atoms with Crippen LogP contribution < -0.4 is 4.74 Å². The van der Waals surface area contributed by atoms with Gasteiger partial charge in [0, 0.05) is 18.0 Å². The fourth-order valence-corrected chi connectivity index (χ4v) is 5.62. The van der Waals surface area contributed by atoms with Crippen LogP contribution in [0.1, 0.15) is 32.1 Å². The lowest BCUT2D eigenvalue weighted by molar-refractivity contribution is 0.154. The molecule has 7 rings (SSSR count). The molecule has 6 aromatic rings. The molecule has 1 fully saturated rings. The number of thiophene rings is 1. The Balaban J connectivity index is 1.26. The van der Waals surface area contributed by atoms with Crippen molar-refractivity contribution >= 4 is 33.4 Å². The molecule has 0 aliphatic heterocycles. The molecule has 184 valence electrons. The highest BCUT2D eigenvalue weighted by atomic mass is 32.1. The highest BCUT2D eigenvalue weighted by Gasteiger charge is 2.19. The van der Waals surface area contributed by atoms with Crippen molar-refractivity contribution in [3.63, 3.8) is 0 Å². The molecular formula is C27H22FN7OS. The molecule has 0 unspecified atom stereocenters. The molecule has 37 heavy (non-hydrogen) atoms. The molecule has 1 saturated carbocycles. The summed E-state index contributed by atoms with van der Waals surface area (Å²) in [6.07, 6.45) is 11.4. The summed E-state index contributed by atoms with van der Waals surface area (Å²) in [6, 6.07) is 10.9. The van der Waals surface area contributed by atoms with Crippen molar-refractivity contribution in [2.24, 2.45) is 0 Å². The summed E-state index contributed by atoms with van der Waals surface area (Å²) in [6.45, 7) is 0. The minimum Gasteiger partial charge on any atom is -0.489 e. The molecule has 1 aliphatic carbocycles. The van der Waals surface area contributed by atoms with Crippen molar-refractivity contribution in [1.82, 2.24) is 35.1 Å². The van der Waals surface area contributed by atoms with Gasteiger partial charge in [0.25, 0.3) is 0 Å². The Labute approximate surface area is 215 Å². The first-order valence-corrected chi connectivity index (χ1v) is 13.1. The zero-order chi connectivity index (χ0) is 24.8. The van der Waals surface area contributed by atoms with E-state index in [2.05, 4.69) is 25.1 Å². The second kappa shape index (κ2) is 9.04.